The highest BCUT2D eigenvalue weighted by atomic mass is 16.5. The number of nitrogens with zero attached hydrogens (tertiary/aromatic N) is 3. The van der Waals surface area contributed by atoms with Gasteiger partial charge in [-0.05, 0) is 31.4 Å². The standard InChI is InChI=1S/C17H21N3O3/c1-23-15-7-3-2-5-13(15)18-10-8-12(11-18)20-16(21)14-6-4-9-19(14)17(20)22/h2-3,5,7,12,14H,4,6,8-11H2,1H3/t12-,14+/m1/s1. The fourth-order valence-corrected chi connectivity index (χ4v) is 4.04. The number of para-hydroxylation sites is 2. The summed E-state index contributed by atoms with van der Waals surface area (Å²) < 4.78 is 5.42. The van der Waals surface area contributed by atoms with Gasteiger partial charge in [0, 0.05) is 19.6 Å². The summed E-state index contributed by atoms with van der Waals surface area (Å²) in [4.78, 5) is 30.6. The molecule has 0 unspecified atom stereocenters. The molecule has 3 saturated heterocycles. The third kappa shape index (κ3) is 2.16. The Kier molecular flexibility index (Phi) is 3.39. The Bertz CT molecular complexity index is 626. The van der Waals surface area contributed by atoms with E-state index in [4.69, 9.17) is 4.74 Å². The Balaban J connectivity index is 1.53. The molecule has 6 nitrogen and oxygen atoms in total. The van der Waals surface area contributed by atoms with E-state index in [1.807, 2.05) is 24.3 Å². The second kappa shape index (κ2) is 5.44. The average Bonchev–Trinajstić information content (AvgIpc) is 3.27. The molecule has 0 saturated carbocycles. The molecule has 0 spiro atoms. The van der Waals surface area contributed by atoms with Gasteiger partial charge in [0.2, 0.25) is 0 Å². The minimum atomic E-state index is -0.206. The summed E-state index contributed by atoms with van der Waals surface area (Å²) in [7, 11) is 1.66. The van der Waals surface area contributed by atoms with Crippen LogP contribution < -0.4 is 9.64 Å². The number of hydrogen-bond acceptors (Lipinski definition) is 4. The molecule has 0 radical (unpaired) electrons. The van der Waals surface area contributed by atoms with Crippen molar-refractivity contribution in [1.82, 2.24) is 9.80 Å². The molecule has 6 heteroatoms. The van der Waals surface area contributed by atoms with E-state index in [0.29, 0.717) is 13.1 Å². The van der Waals surface area contributed by atoms with Crippen LogP contribution in [-0.4, -0.2) is 60.6 Å². The fourth-order valence-electron chi connectivity index (χ4n) is 4.04. The van der Waals surface area contributed by atoms with Gasteiger partial charge in [0.1, 0.15) is 11.8 Å². The van der Waals surface area contributed by atoms with Gasteiger partial charge in [0.05, 0.1) is 18.8 Å². The van der Waals surface area contributed by atoms with Crippen molar-refractivity contribution < 1.29 is 14.3 Å². The highest BCUT2D eigenvalue weighted by Crippen LogP contribution is 2.34. The monoisotopic (exact) mass is 315 g/mol. The number of carbonyl (C=O) groups excluding carboxylic acids is 2. The molecular formula is C17H21N3O3. The summed E-state index contributed by atoms with van der Waals surface area (Å²) in [5, 5.41) is 0. The van der Waals surface area contributed by atoms with Crippen molar-refractivity contribution in [2.45, 2.75) is 31.3 Å². The van der Waals surface area contributed by atoms with Crippen LogP contribution in [0.5, 0.6) is 5.75 Å². The zero-order chi connectivity index (χ0) is 16.0. The first-order chi connectivity index (χ1) is 11.2. The van der Waals surface area contributed by atoms with Gasteiger partial charge in [0.15, 0.2) is 0 Å². The van der Waals surface area contributed by atoms with E-state index in [1.165, 1.54) is 4.90 Å². The van der Waals surface area contributed by atoms with Crippen LogP contribution in [0.25, 0.3) is 0 Å². The molecule has 0 aromatic heterocycles. The molecular weight excluding hydrogens is 294 g/mol. The third-order valence-electron chi connectivity index (χ3n) is 5.18. The Hall–Kier alpha value is -2.24. The summed E-state index contributed by atoms with van der Waals surface area (Å²) in [6, 6.07) is 7.54. The molecule has 3 aliphatic rings. The van der Waals surface area contributed by atoms with Gasteiger partial charge >= 0.3 is 6.03 Å². The highest BCUT2D eigenvalue weighted by Gasteiger charge is 2.50. The van der Waals surface area contributed by atoms with E-state index in [0.717, 1.165) is 37.2 Å². The van der Waals surface area contributed by atoms with Gasteiger partial charge in [-0.25, -0.2) is 4.79 Å². The van der Waals surface area contributed by atoms with E-state index in [-0.39, 0.29) is 24.0 Å². The predicted molar refractivity (Wildman–Crippen MR) is 85.6 cm³/mol. The number of carbonyl (C=O) groups is 2. The summed E-state index contributed by atoms with van der Waals surface area (Å²) in [6.07, 6.45) is 2.56. The van der Waals surface area contributed by atoms with Gasteiger partial charge in [-0.2, -0.15) is 0 Å². The van der Waals surface area contributed by atoms with Gasteiger partial charge in [-0.15, -0.1) is 0 Å². The molecule has 3 aliphatic heterocycles. The Morgan fingerprint density at radius 2 is 1.96 bits per heavy atom. The molecule has 0 N–H and O–H groups in total. The number of hydrogen-bond donors (Lipinski definition) is 0. The second-order valence-electron chi connectivity index (χ2n) is 6.40. The molecule has 3 amide bonds. The number of methoxy groups -OCH3 is 1. The number of rotatable bonds is 3. The molecule has 0 aliphatic carbocycles. The van der Waals surface area contributed by atoms with E-state index < -0.39 is 0 Å². The first-order valence-corrected chi connectivity index (χ1v) is 8.22. The zero-order valence-corrected chi connectivity index (χ0v) is 13.3. The predicted octanol–water partition coefficient (Wildman–Crippen LogP) is 1.70. The molecule has 1 aromatic carbocycles. The first kappa shape index (κ1) is 14.4. The fraction of sp³-hybridized carbons (Fsp3) is 0.529. The largest absolute Gasteiger partial charge is 0.495 e. The average molecular weight is 315 g/mol. The zero-order valence-electron chi connectivity index (χ0n) is 13.3. The van der Waals surface area contributed by atoms with Crippen molar-refractivity contribution in [3.05, 3.63) is 24.3 Å². The number of benzene rings is 1. The Morgan fingerprint density at radius 3 is 2.74 bits per heavy atom. The van der Waals surface area contributed by atoms with Crippen molar-refractivity contribution in [1.29, 1.82) is 0 Å². The third-order valence-corrected chi connectivity index (χ3v) is 5.18. The van der Waals surface area contributed by atoms with E-state index in [9.17, 15) is 9.59 Å². The maximum absolute atomic E-state index is 12.6. The summed E-state index contributed by atoms with van der Waals surface area (Å²) in [5.41, 5.74) is 1.03. The minimum absolute atomic E-state index is 0.000577. The topological polar surface area (TPSA) is 53.1 Å². The molecule has 2 atom stereocenters. The molecule has 23 heavy (non-hydrogen) atoms. The number of ether oxygens (including phenoxy) is 1. The van der Waals surface area contributed by atoms with Crippen molar-refractivity contribution in [2.75, 3.05) is 31.6 Å². The quantitative estimate of drug-likeness (QED) is 0.797. The van der Waals surface area contributed by atoms with Gasteiger partial charge in [-0.3, -0.25) is 9.69 Å². The van der Waals surface area contributed by atoms with Crippen molar-refractivity contribution >= 4 is 17.6 Å². The van der Waals surface area contributed by atoms with Crippen LogP contribution in [0.3, 0.4) is 0 Å². The summed E-state index contributed by atoms with van der Waals surface area (Å²) in [5.74, 6) is 0.826. The van der Waals surface area contributed by atoms with Crippen molar-refractivity contribution in [3.8, 4) is 5.75 Å². The normalized spacial score (nSPS) is 27.1. The van der Waals surface area contributed by atoms with Crippen LogP contribution in [0.1, 0.15) is 19.3 Å². The lowest BCUT2D eigenvalue weighted by Crippen LogP contribution is -2.43. The van der Waals surface area contributed by atoms with Crippen LogP contribution in [0.2, 0.25) is 0 Å². The molecule has 3 heterocycles. The molecule has 3 fully saturated rings. The smallest absolute Gasteiger partial charge is 0.327 e. The first-order valence-electron chi connectivity index (χ1n) is 8.22. The number of fused-ring (bicyclic) bond motifs is 1. The second-order valence-corrected chi connectivity index (χ2v) is 6.40. The number of imide groups is 1. The summed E-state index contributed by atoms with van der Waals surface area (Å²) in [6.45, 7) is 2.22. The van der Waals surface area contributed by atoms with E-state index in [1.54, 1.807) is 12.0 Å². The summed E-state index contributed by atoms with van der Waals surface area (Å²) >= 11 is 0. The number of anilines is 1. The Morgan fingerprint density at radius 1 is 1.13 bits per heavy atom. The van der Waals surface area contributed by atoms with Crippen LogP contribution in [0.4, 0.5) is 10.5 Å². The van der Waals surface area contributed by atoms with E-state index in [2.05, 4.69) is 4.90 Å². The number of amides is 3. The van der Waals surface area contributed by atoms with Crippen LogP contribution in [-0.2, 0) is 4.79 Å². The lowest BCUT2D eigenvalue weighted by Gasteiger charge is -2.24. The number of urea groups is 1. The van der Waals surface area contributed by atoms with Crippen molar-refractivity contribution in [2.24, 2.45) is 0 Å². The molecule has 122 valence electrons. The molecule has 4 rings (SSSR count). The Labute approximate surface area is 135 Å². The van der Waals surface area contributed by atoms with Gasteiger partial charge in [0.25, 0.3) is 5.91 Å². The minimum Gasteiger partial charge on any atom is -0.495 e. The van der Waals surface area contributed by atoms with E-state index >= 15 is 0 Å². The SMILES string of the molecule is COc1ccccc1N1CC[C@@H](N2C(=O)[C@@H]3CCCN3C2=O)C1. The maximum Gasteiger partial charge on any atom is 0.327 e. The van der Waals surface area contributed by atoms with Crippen molar-refractivity contribution in [3.63, 3.8) is 0 Å². The maximum atomic E-state index is 12.6. The van der Waals surface area contributed by atoms with Crippen LogP contribution >= 0.6 is 0 Å². The highest BCUT2D eigenvalue weighted by molar-refractivity contribution is 6.05. The lowest BCUT2D eigenvalue weighted by molar-refractivity contribution is -0.129. The molecule has 1 aromatic rings. The van der Waals surface area contributed by atoms with Gasteiger partial charge in [-0.1, -0.05) is 12.1 Å². The van der Waals surface area contributed by atoms with Crippen LogP contribution in [0.15, 0.2) is 24.3 Å². The lowest BCUT2D eigenvalue weighted by atomic mass is 10.2. The van der Waals surface area contributed by atoms with Crippen LogP contribution in [0, 0.1) is 0 Å². The van der Waals surface area contributed by atoms with Gasteiger partial charge < -0.3 is 14.5 Å². The molecule has 0 bridgehead atoms.